The molecule has 1 unspecified atom stereocenters. The summed E-state index contributed by atoms with van der Waals surface area (Å²) in [5.74, 6) is 0.735. The Hall–Kier alpha value is -1.09. The maximum Gasteiger partial charge on any atom is 0.226 e. The normalized spacial score (nSPS) is 20.1. The van der Waals surface area contributed by atoms with Crippen molar-refractivity contribution in [1.29, 1.82) is 0 Å². The molecule has 0 bridgehead atoms. The average molecular weight is 222 g/mol. The van der Waals surface area contributed by atoms with Crippen molar-refractivity contribution in [2.75, 3.05) is 19.6 Å². The minimum absolute atomic E-state index is 0.0199. The highest BCUT2D eigenvalue weighted by Crippen LogP contribution is 2.20. The van der Waals surface area contributed by atoms with E-state index in [-0.39, 0.29) is 11.8 Å². The number of nitrogens with zero attached hydrogens (tertiary/aromatic N) is 1. The summed E-state index contributed by atoms with van der Waals surface area (Å²) in [7, 11) is 0. The lowest BCUT2D eigenvalue weighted by Gasteiger charge is -2.22. The zero-order chi connectivity index (χ0) is 12.0. The number of carbonyl (C=O) groups is 1. The fraction of sp³-hybridized carbons (Fsp3) is 0.615. The van der Waals surface area contributed by atoms with Gasteiger partial charge in [0, 0.05) is 19.0 Å². The van der Waals surface area contributed by atoms with Gasteiger partial charge in [0.2, 0.25) is 5.91 Å². The molecule has 0 aromatic carbocycles. The Kier molecular flexibility index (Phi) is 5.26. The van der Waals surface area contributed by atoms with Gasteiger partial charge in [-0.3, -0.25) is 4.79 Å². The Morgan fingerprint density at radius 3 is 2.50 bits per heavy atom. The van der Waals surface area contributed by atoms with E-state index in [2.05, 4.69) is 13.2 Å². The maximum atomic E-state index is 12.2. The molecule has 1 rings (SSSR count). The Morgan fingerprint density at radius 2 is 2.06 bits per heavy atom. The molecule has 1 fully saturated rings. The third kappa shape index (κ3) is 3.20. The molecule has 0 aromatic heterocycles. The van der Waals surface area contributed by atoms with Crippen LogP contribution >= 0.6 is 0 Å². The van der Waals surface area contributed by atoms with Crippen LogP contribution in [0.15, 0.2) is 25.3 Å². The summed E-state index contributed by atoms with van der Waals surface area (Å²) >= 11 is 0. The molecule has 0 aliphatic carbocycles. The molecule has 90 valence electrons. The van der Waals surface area contributed by atoms with Gasteiger partial charge in [0.05, 0.1) is 0 Å². The zero-order valence-corrected chi connectivity index (χ0v) is 9.90. The van der Waals surface area contributed by atoms with Crippen LogP contribution in [0.1, 0.15) is 19.3 Å². The smallest absolute Gasteiger partial charge is 0.226 e. The highest BCUT2D eigenvalue weighted by Gasteiger charge is 2.28. The number of amides is 1. The van der Waals surface area contributed by atoms with Crippen molar-refractivity contribution in [2.45, 2.75) is 19.3 Å². The Labute approximate surface area is 98.0 Å². The summed E-state index contributed by atoms with van der Waals surface area (Å²) in [5, 5.41) is 0. The summed E-state index contributed by atoms with van der Waals surface area (Å²) in [5.41, 5.74) is 5.62. The first-order chi connectivity index (χ1) is 7.72. The fourth-order valence-corrected chi connectivity index (χ4v) is 2.18. The van der Waals surface area contributed by atoms with Gasteiger partial charge in [-0.2, -0.15) is 0 Å². The van der Waals surface area contributed by atoms with E-state index in [9.17, 15) is 4.79 Å². The molecule has 0 aromatic rings. The number of hydrogen-bond acceptors (Lipinski definition) is 2. The predicted molar refractivity (Wildman–Crippen MR) is 66.9 cm³/mol. The molecule has 2 N–H and O–H groups in total. The van der Waals surface area contributed by atoms with Crippen LogP contribution in [0.5, 0.6) is 0 Å². The summed E-state index contributed by atoms with van der Waals surface area (Å²) in [6.45, 7) is 9.75. The summed E-state index contributed by atoms with van der Waals surface area (Å²) < 4.78 is 0. The Morgan fingerprint density at radius 1 is 1.44 bits per heavy atom. The minimum atomic E-state index is 0.0199. The molecule has 0 spiro atoms. The second-order valence-corrected chi connectivity index (χ2v) is 4.42. The topological polar surface area (TPSA) is 46.3 Å². The van der Waals surface area contributed by atoms with Gasteiger partial charge in [-0.1, -0.05) is 12.2 Å². The largest absolute Gasteiger partial charge is 0.342 e. The molecule has 1 saturated heterocycles. The molecule has 1 amide bonds. The van der Waals surface area contributed by atoms with E-state index in [1.807, 2.05) is 17.1 Å². The van der Waals surface area contributed by atoms with Crippen molar-refractivity contribution in [3.05, 3.63) is 25.3 Å². The van der Waals surface area contributed by atoms with E-state index >= 15 is 0 Å². The first-order valence-electron chi connectivity index (χ1n) is 5.93. The molecule has 0 radical (unpaired) electrons. The van der Waals surface area contributed by atoms with Crippen LogP contribution in [0, 0.1) is 11.8 Å². The average Bonchev–Trinajstić information content (AvgIpc) is 2.76. The van der Waals surface area contributed by atoms with Crippen molar-refractivity contribution in [1.82, 2.24) is 4.90 Å². The third-order valence-electron chi connectivity index (χ3n) is 3.18. The summed E-state index contributed by atoms with van der Waals surface area (Å²) in [6, 6.07) is 0. The van der Waals surface area contributed by atoms with Gasteiger partial charge in [-0.25, -0.2) is 0 Å². The van der Waals surface area contributed by atoms with Gasteiger partial charge in [0.1, 0.15) is 0 Å². The lowest BCUT2D eigenvalue weighted by molar-refractivity contribution is -0.134. The van der Waals surface area contributed by atoms with Gasteiger partial charge < -0.3 is 10.6 Å². The number of allylic oxidation sites excluding steroid dienone is 2. The Balaban J connectivity index is 2.53. The zero-order valence-electron chi connectivity index (χ0n) is 9.90. The monoisotopic (exact) mass is 222 g/mol. The fourth-order valence-electron chi connectivity index (χ4n) is 2.18. The van der Waals surface area contributed by atoms with E-state index in [1.54, 1.807) is 0 Å². The van der Waals surface area contributed by atoms with Crippen LogP contribution in [-0.4, -0.2) is 30.4 Å². The first kappa shape index (κ1) is 13.0. The van der Waals surface area contributed by atoms with E-state index < -0.39 is 0 Å². The van der Waals surface area contributed by atoms with Gasteiger partial charge in [-0.15, -0.1) is 13.2 Å². The van der Waals surface area contributed by atoms with E-state index in [0.29, 0.717) is 12.5 Å². The predicted octanol–water partition coefficient (Wildman–Crippen LogP) is 1.56. The van der Waals surface area contributed by atoms with Crippen molar-refractivity contribution in [3.8, 4) is 0 Å². The number of carbonyl (C=O) groups excluding carboxylic acids is 1. The third-order valence-corrected chi connectivity index (χ3v) is 3.18. The van der Waals surface area contributed by atoms with E-state index in [0.717, 1.165) is 32.4 Å². The van der Waals surface area contributed by atoms with E-state index in [4.69, 9.17) is 5.73 Å². The SMILES string of the molecule is C=CCC(CC=C)C(=O)N1CCC(CN)C1. The van der Waals surface area contributed by atoms with Crippen molar-refractivity contribution < 1.29 is 4.79 Å². The molecule has 1 aliphatic heterocycles. The van der Waals surface area contributed by atoms with Gasteiger partial charge >= 0.3 is 0 Å². The number of likely N-dealkylation sites (tertiary alicyclic amines) is 1. The molecule has 3 heteroatoms. The molecule has 3 nitrogen and oxygen atoms in total. The molecule has 1 aliphatic rings. The van der Waals surface area contributed by atoms with Crippen LogP contribution in [0.2, 0.25) is 0 Å². The quantitative estimate of drug-likeness (QED) is 0.693. The maximum absolute atomic E-state index is 12.2. The molecule has 1 heterocycles. The first-order valence-corrected chi connectivity index (χ1v) is 5.93. The number of hydrogen-bond donors (Lipinski definition) is 1. The number of nitrogens with two attached hydrogens (primary N) is 1. The number of rotatable bonds is 6. The molecule has 16 heavy (non-hydrogen) atoms. The van der Waals surface area contributed by atoms with Crippen molar-refractivity contribution in [3.63, 3.8) is 0 Å². The van der Waals surface area contributed by atoms with Crippen LogP contribution in [0.25, 0.3) is 0 Å². The van der Waals surface area contributed by atoms with Gasteiger partial charge in [0.25, 0.3) is 0 Å². The van der Waals surface area contributed by atoms with Crippen LogP contribution < -0.4 is 5.73 Å². The summed E-state index contributed by atoms with van der Waals surface area (Å²) in [6.07, 6.45) is 6.12. The van der Waals surface area contributed by atoms with Crippen LogP contribution in [0.4, 0.5) is 0 Å². The lowest BCUT2D eigenvalue weighted by atomic mass is 10.00. The van der Waals surface area contributed by atoms with Crippen LogP contribution in [0.3, 0.4) is 0 Å². The second-order valence-electron chi connectivity index (χ2n) is 4.42. The van der Waals surface area contributed by atoms with Gasteiger partial charge in [0.15, 0.2) is 0 Å². The molecule has 1 atom stereocenters. The van der Waals surface area contributed by atoms with Crippen molar-refractivity contribution >= 4 is 5.91 Å². The molecular formula is C13H22N2O. The summed E-state index contributed by atoms with van der Waals surface area (Å²) in [4.78, 5) is 14.1. The highest BCUT2D eigenvalue weighted by atomic mass is 16.2. The Bertz CT molecular complexity index is 253. The lowest BCUT2D eigenvalue weighted by Crippen LogP contribution is -2.34. The standard InChI is InChI=1S/C13H22N2O/c1-3-5-12(6-4-2)13(16)15-8-7-11(9-14)10-15/h3-4,11-12H,1-2,5-10,14H2. The van der Waals surface area contributed by atoms with Crippen LogP contribution in [-0.2, 0) is 4.79 Å². The second kappa shape index (κ2) is 6.48. The molecular weight excluding hydrogens is 200 g/mol. The minimum Gasteiger partial charge on any atom is -0.342 e. The van der Waals surface area contributed by atoms with E-state index in [1.165, 1.54) is 0 Å². The molecule has 0 saturated carbocycles. The highest BCUT2D eigenvalue weighted by molar-refractivity contribution is 5.79. The van der Waals surface area contributed by atoms with Crippen molar-refractivity contribution in [2.24, 2.45) is 17.6 Å². The van der Waals surface area contributed by atoms with Gasteiger partial charge in [-0.05, 0) is 31.7 Å².